The second kappa shape index (κ2) is 4.80. The van der Waals surface area contributed by atoms with Crippen molar-refractivity contribution in [3.8, 4) is 0 Å². The van der Waals surface area contributed by atoms with E-state index in [-0.39, 0.29) is 6.61 Å². The van der Waals surface area contributed by atoms with E-state index in [1.807, 2.05) is 12.1 Å². The summed E-state index contributed by atoms with van der Waals surface area (Å²) in [6, 6.07) is 3.83. The van der Waals surface area contributed by atoms with Crippen molar-refractivity contribution in [2.45, 2.75) is 19.4 Å². The first kappa shape index (κ1) is 11.4. The van der Waals surface area contributed by atoms with E-state index in [0.29, 0.717) is 11.6 Å². The number of pyridine rings is 1. The number of rotatable bonds is 3. The van der Waals surface area contributed by atoms with Crippen molar-refractivity contribution in [1.82, 2.24) is 4.98 Å². The molecule has 2 N–H and O–H groups in total. The highest BCUT2D eigenvalue weighted by atomic mass is 16.3. The smallest absolute Gasteiger partial charge is 0.0931 e. The van der Waals surface area contributed by atoms with Gasteiger partial charge < -0.3 is 15.1 Å². The Morgan fingerprint density at radius 1 is 1.56 bits per heavy atom. The zero-order chi connectivity index (χ0) is 11.5. The third-order valence-electron chi connectivity index (χ3n) is 3.11. The molecule has 2 rings (SSSR count). The Labute approximate surface area is 95.5 Å². The van der Waals surface area contributed by atoms with Crippen LogP contribution < -0.4 is 4.90 Å². The van der Waals surface area contributed by atoms with Gasteiger partial charge in [-0.05, 0) is 25.5 Å². The molecular formula is C12H18N2O2. The van der Waals surface area contributed by atoms with Crippen molar-refractivity contribution in [3.63, 3.8) is 0 Å². The first-order valence-electron chi connectivity index (χ1n) is 5.70. The highest BCUT2D eigenvalue weighted by Crippen LogP contribution is 2.23. The van der Waals surface area contributed by atoms with Crippen molar-refractivity contribution >= 4 is 5.69 Å². The summed E-state index contributed by atoms with van der Waals surface area (Å²) in [5, 5.41) is 18.4. The maximum atomic E-state index is 9.35. The number of aliphatic hydroxyl groups is 2. The Hall–Kier alpha value is -1.13. The molecule has 1 unspecified atom stereocenters. The summed E-state index contributed by atoms with van der Waals surface area (Å²) < 4.78 is 0. The third kappa shape index (κ3) is 2.33. The fraction of sp³-hybridized carbons (Fsp3) is 0.583. The molecule has 0 bridgehead atoms. The predicted molar refractivity (Wildman–Crippen MR) is 62.3 cm³/mol. The van der Waals surface area contributed by atoms with E-state index in [9.17, 15) is 5.11 Å². The molecule has 1 aromatic rings. The van der Waals surface area contributed by atoms with Crippen LogP contribution in [0.2, 0.25) is 0 Å². The summed E-state index contributed by atoms with van der Waals surface area (Å²) in [7, 11) is 0. The van der Waals surface area contributed by atoms with E-state index in [1.165, 1.54) is 0 Å². The van der Waals surface area contributed by atoms with E-state index in [4.69, 9.17) is 5.11 Å². The van der Waals surface area contributed by atoms with Crippen molar-refractivity contribution in [2.75, 3.05) is 24.6 Å². The van der Waals surface area contributed by atoms with Crippen molar-refractivity contribution < 1.29 is 10.2 Å². The molecule has 4 nitrogen and oxygen atoms in total. The highest BCUT2D eigenvalue weighted by molar-refractivity contribution is 5.45. The van der Waals surface area contributed by atoms with Gasteiger partial charge >= 0.3 is 0 Å². The molecule has 16 heavy (non-hydrogen) atoms. The maximum absolute atomic E-state index is 9.35. The Balaban J connectivity index is 2.05. The zero-order valence-electron chi connectivity index (χ0n) is 9.50. The minimum absolute atomic E-state index is 0.260. The Bertz CT molecular complexity index is 337. The number of aliphatic hydroxyl groups excluding tert-OH is 2. The summed E-state index contributed by atoms with van der Waals surface area (Å²) in [5.74, 6) is 0.386. The van der Waals surface area contributed by atoms with Gasteiger partial charge in [-0.3, -0.25) is 4.98 Å². The molecule has 1 aromatic heterocycles. The molecule has 0 spiro atoms. The lowest BCUT2D eigenvalue weighted by atomic mass is 10.1. The van der Waals surface area contributed by atoms with Crippen LogP contribution in [-0.4, -0.2) is 34.9 Å². The summed E-state index contributed by atoms with van der Waals surface area (Å²) in [5.41, 5.74) is 1.77. The minimum atomic E-state index is -0.516. The maximum Gasteiger partial charge on any atom is 0.0931 e. The molecule has 2 atom stereocenters. The summed E-state index contributed by atoms with van der Waals surface area (Å²) >= 11 is 0. The van der Waals surface area contributed by atoms with Crippen LogP contribution in [0.3, 0.4) is 0 Å². The van der Waals surface area contributed by atoms with Gasteiger partial charge in [0.2, 0.25) is 0 Å². The normalized spacial score (nSPS) is 22.4. The van der Waals surface area contributed by atoms with Crippen molar-refractivity contribution in [1.29, 1.82) is 0 Å². The van der Waals surface area contributed by atoms with Gasteiger partial charge in [0.05, 0.1) is 23.7 Å². The van der Waals surface area contributed by atoms with Crippen LogP contribution in [0.4, 0.5) is 5.69 Å². The summed E-state index contributed by atoms with van der Waals surface area (Å²) in [6.07, 6.45) is 2.31. The number of anilines is 1. The molecule has 1 aliphatic heterocycles. The molecule has 0 aliphatic carbocycles. The first-order chi connectivity index (χ1) is 7.70. The van der Waals surface area contributed by atoms with Gasteiger partial charge in [0.1, 0.15) is 0 Å². The molecule has 4 heteroatoms. The van der Waals surface area contributed by atoms with E-state index < -0.39 is 6.10 Å². The second-order valence-electron chi connectivity index (χ2n) is 4.40. The van der Waals surface area contributed by atoms with Crippen LogP contribution in [0.5, 0.6) is 0 Å². The van der Waals surface area contributed by atoms with Gasteiger partial charge in [-0.25, -0.2) is 0 Å². The van der Waals surface area contributed by atoms with Gasteiger partial charge in [-0.15, -0.1) is 0 Å². The first-order valence-corrected chi connectivity index (χ1v) is 5.70. The largest absolute Gasteiger partial charge is 0.396 e. The molecule has 0 radical (unpaired) electrons. The van der Waals surface area contributed by atoms with Crippen LogP contribution in [0.1, 0.15) is 25.1 Å². The van der Waals surface area contributed by atoms with Gasteiger partial charge in [0.15, 0.2) is 0 Å². The Kier molecular flexibility index (Phi) is 3.41. The average molecular weight is 222 g/mol. The fourth-order valence-corrected chi connectivity index (χ4v) is 2.05. The van der Waals surface area contributed by atoms with Crippen LogP contribution >= 0.6 is 0 Å². The van der Waals surface area contributed by atoms with Crippen LogP contribution in [0, 0.1) is 5.92 Å². The van der Waals surface area contributed by atoms with Gasteiger partial charge in [0, 0.05) is 25.6 Å². The molecule has 1 aliphatic rings. The molecule has 2 heterocycles. The van der Waals surface area contributed by atoms with E-state index in [0.717, 1.165) is 25.2 Å². The fourth-order valence-electron chi connectivity index (χ4n) is 2.05. The van der Waals surface area contributed by atoms with E-state index in [1.54, 1.807) is 13.1 Å². The number of hydrogen-bond donors (Lipinski definition) is 2. The van der Waals surface area contributed by atoms with Crippen LogP contribution in [-0.2, 0) is 0 Å². The van der Waals surface area contributed by atoms with Crippen LogP contribution in [0.25, 0.3) is 0 Å². The van der Waals surface area contributed by atoms with Crippen molar-refractivity contribution in [2.24, 2.45) is 5.92 Å². The van der Waals surface area contributed by atoms with Gasteiger partial charge in [0.25, 0.3) is 0 Å². The average Bonchev–Trinajstić information content (AvgIpc) is 2.77. The van der Waals surface area contributed by atoms with Crippen LogP contribution in [0.15, 0.2) is 18.3 Å². The number of aromatic nitrogens is 1. The zero-order valence-corrected chi connectivity index (χ0v) is 9.50. The number of nitrogens with zero attached hydrogens (tertiary/aromatic N) is 2. The Morgan fingerprint density at radius 2 is 2.38 bits per heavy atom. The monoisotopic (exact) mass is 222 g/mol. The molecule has 1 saturated heterocycles. The molecule has 88 valence electrons. The van der Waals surface area contributed by atoms with Gasteiger partial charge in [-0.2, -0.15) is 0 Å². The van der Waals surface area contributed by atoms with E-state index in [2.05, 4.69) is 9.88 Å². The lowest BCUT2D eigenvalue weighted by molar-refractivity contribution is 0.194. The second-order valence-corrected chi connectivity index (χ2v) is 4.40. The topological polar surface area (TPSA) is 56.6 Å². The lowest BCUT2D eigenvalue weighted by Gasteiger charge is -2.18. The van der Waals surface area contributed by atoms with E-state index >= 15 is 0 Å². The van der Waals surface area contributed by atoms with Gasteiger partial charge in [-0.1, -0.05) is 0 Å². The highest BCUT2D eigenvalue weighted by Gasteiger charge is 2.22. The predicted octanol–water partition coefficient (Wildman–Crippen LogP) is 0.954. The molecule has 1 fully saturated rings. The molecule has 0 amide bonds. The Morgan fingerprint density at radius 3 is 2.88 bits per heavy atom. The molecular weight excluding hydrogens is 204 g/mol. The molecule has 0 saturated carbocycles. The standard InChI is InChI=1S/C12H18N2O2/c1-9(16)12-3-2-11(6-13-12)14-5-4-10(7-14)8-15/h2-3,6,9-10,15-16H,4-5,7-8H2,1H3/t9-,10?/m1/s1. The van der Waals surface area contributed by atoms with Crippen molar-refractivity contribution in [3.05, 3.63) is 24.0 Å². The third-order valence-corrected chi connectivity index (χ3v) is 3.11. The quantitative estimate of drug-likeness (QED) is 0.799. The SMILES string of the molecule is C[C@@H](O)c1ccc(N2CCC(CO)C2)cn1. The summed E-state index contributed by atoms with van der Waals surface area (Å²) in [4.78, 5) is 6.44. The molecule has 0 aromatic carbocycles. The lowest BCUT2D eigenvalue weighted by Crippen LogP contribution is -2.20. The number of hydrogen-bond acceptors (Lipinski definition) is 4. The minimum Gasteiger partial charge on any atom is -0.396 e. The summed E-state index contributed by atoms with van der Waals surface area (Å²) in [6.45, 7) is 3.84.